The minimum atomic E-state index is 1.13. The zero-order valence-corrected chi connectivity index (χ0v) is 10.8. The number of pyridine rings is 1. The Balaban J connectivity index is 2.28. The summed E-state index contributed by atoms with van der Waals surface area (Å²) in [6, 6.07) is 15.1. The lowest BCUT2D eigenvalue weighted by Gasteiger charge is -2.00. The van der Waals surface area contributed by atoms with E-state index >= 15 is 0 Å². The average molecular weight is 249 g/mol. The van der Waals surface area contributed by atoms with Crippen molar-refractivity contribution in [3.63, 3.8) is 0 Å². The van der Waals surface area contributed by atoms with Gasteiger partial charge in [0.05, 0.1) is 10.2 Å². The number of thiophene rings is 1. The number of benzene rings is 2. The number of hydrogen-bond donors (Lipinski definition) is 0. The quantitative estimate of drug-likeness (QED) is 0.431. The van der Waals surface area contributed by atoms with Crippen molar-refractivity contribution < 1.29 is 0 Å². The van der Waals surface area contributed by atoms with E-state index in [0.29, 0.717) is 0 Å². The molecule has 4 aromatic rings. The van der Waals surface area contributed by atoms with E-state index in [9.17, 15) is 0 Å². The molecule has 0 spiro atoms. The van der Waals surface area contributed by atoms with Crippen molar-refractivity contribution in [2.75, 3.05) is 0 Å². The van der Waals surface area contributed by atoms with Gasteiger partial charge in [-0.3, -0.25) is 4.98 Å². The Bertz CT molecular complexity index is 889. The summed E-state index contributed by atoms with van der Waals surface area (Å²) >= 11 is 1.83. The number of aromatic nitrogens is 1. The summed E-state index contributed by atoms with van der Waals surface area (Å²) in [5.41, 5.74) is 2.41. The highest BCUT2D eigenvalue weighted by atomic mass is 32.1. The van der Waals surface area contributed by atoms with Crippen LogP contribution in [0, 0.1) is 6.92 Å². The summed E-state index contributed by atoms with van der Waals surface area (Å²) in [4.78, 5) is 4.65. The molecule has 0 saturated heterocycles. The highest BCUT2D eigenvalue weighted by Gasteiger charge is 2.08. The Labute approximate surface area is 109 Å². The standard InChI is InChI=1S/C16H11NS/c1-10-6-7-12-11(8-10)9-17-15-13-4-2-3-5-14(13)18-16(12)15/h2-9H,1H3. The van der Waals surface area contributed by atoms with Crippen molar-refractivity contribution in [1.29, 1.82) is 0 Å². The molecular formula is C16H11NS. The third kappa shape index (κ3) is 1.30. The predicted molar refractivity (Wildman–Crippen MR) is 79.4 cm³/mol. The van der Waals surface area contributed by atoms with E-state index in [1.807, 2.05) is 17.5 Å². The van der Waals surface area contributed by atoms with Crippen molar-refractivity contribution in [3.05, 3.63) is 54.2 Å². The number of nitrogens with zero attached hydrogens (tertiary/aromatic N) is 1. The zero-order valence-electron chi connectivity index (χ0n) is 9.97. The van der Waals surface area contributed by atoms with Crippen molar-refractivity contribution in [2.45, 2.75) is 6.92 Å². The lowest BCUT2D eigenvalue weighted by molar-refractivity contribution is 1.45. The largest absolute Gasteiger partial charge is 0.254 e. The van der Waals surface area contributed by atoms with Gasteiger partial charge in [0.2, 0.25) is 0 Å². The second kappa shape index (κ2) is 3.53. The second-order valence-corrected chi connectivity index (χ2v) is 5.68. The Hall–Kier alpha value is -1.93. The van der Waals surface area contributed by atoms with Crippen LogP contribution in [0.2, 0.25) is 0 Å². The topological polar surface area (TPSA) is 12.9 Å². The van der Waals surface area contributed by atoms with Crippen LogP contribution in [0.25, 0.3) is 31.1 Å². The molecular weight excluding hydrogens is 238 g/mol. The first-order valence-electron chi connectivity index (χ1n) is 5.99. The fourth-order valence-electron chi connectivity index (χ4n) is 2.47. The summed E-state index contributed by atoms with van der Waals surface area (Å²) in [6.45, 7) is 2.12. The number of fused-ring (bicyclic) bond motifs is 5. The minimum Gasteiger partial charge on any atom is -0.254 e. The van der Waals surface area contributed by atoms with E-state index in [-0.39, 0.29) is 0 Å². The molecule has 0 aliphatic rings. The van der Waals surface area contributed by atoms with E-state index in [4.69, 9.17) is 0 Å². The summed E-state index contributed by atoms with van der Waals surface area (Å²) in [7, 11) is 0. The molecule has 0 fully saturated rings. The summed E-state index contributed by atoms with van der Waals surface area (Å²) in [6.07, 6.45) is 1.99. The predicted octanol–water partition coefficient (Wildman–Crippen LogP) is 4.91. The Morgan fingerprint density at radius 1 is 1.00 bits per heavy atom. The van der Waals surface area contributed by atoms with Gasteiger partial charge >= 0.3 is 0 Å². The van der Waals surface area contributed by atoms with Gasteiger partial charge in [-0.15, -0.1) is 11.3 Å². The van der Waals surface area contributed by atoms with Crippen LogP contribution in [0.15, 0.2) is 48.7 Å². The maximum absolute atomic E-state index is 4.65. The van der Waals surface area contributed by atoms with Gasteiger partial charge in [0, 0.05) is 27.1 Å². The van der Waals surface area contributed by atoms with E-state index in [1.165, 1.54) is 31.1 Å². The maximum atomic E-state index is 4.65. The molecule has 0 radical (unpaired) electrons. The van der Waals surface area contributed by atoms with Crippen molar-refractivity contribution >= 4 is 42.4 Å². The molecule has 0 unspecified atom stereocenters. The molecule has 0 saturated carbocycles. The van der Waals surface area contributed by atoms with E-state index in [0.717, 1.165) is 5.52 Å². The average Bonchev–Trinajstić information content (AvgIpc) is 2.77. The van der Waals surface area contributed by atoms with Crippen molar-refractivity contribution in [1.82, 2.24) is 4.98 Å². The fraction of sp³-hybridized carbons (Fsp3) is 0.0625. The minimum absolute atomic E-state index is 1.13. The van der Waals surface area contributed by atoms with Crippen LogP contribution in [0.3, 0.4) is 0 Å². The smallest absolute Gasteiger partial charge is 0.0894 e. The van der Waals surface area contributed by atoms with Gasteiger partial charge in [-0.1, -0.05) is 35.9 Å². The number of rotatable bonds is 0. The van der Waals surface area contributed by atoms with Gasteiger partial charge in [-0.2, -0.15) is 0 Å². The van der Waals surface area contributed by atoms with Crippen LogP contribution in [-0.4, -0.2) is 4.98 Å². The van der Waals surface area contributed by atoms with Crippen molar-refractivity contribution in [3.8, 4) is 0 Å². The molecule has 18 heavy (non-hydrogen) atoms. The number of hydrogen-bond acceptors (Lipinski definition) is 2. The third-order valence-corrected chi connectivity index (χ3v) is 4.55. The molecule has 86 valence electrons. The molecule has 1 nitrogen and oxygen atoms in total. The van der Waals surface area contributed by atoms with E-state index < -0.39 is 0 Å². The second-order valence-electron chi connectivity index (χ2n) is 4.62. The van der Waals surface area contributed by atoms with Crippen LogP contribution in [0.5, 0.6) is 0 Å². The van der Waals surface area contributed by atoms with Gasteiger partial charge in [0.1, 0.15) is 0 Å². The summed E-state index contributed by atoms with van der Waals surface area (Å²) in [5, 5.41) is 3.81. The molecule has 2 aromatic heterocycles. The van der Waals surface area contributed by atoms with Gasteiger partial charge in [-0.25, -0.2) is 0 Å². The molecule has 0 aliphatic heterocycles. The molecule has 2 heteroatoms. The van der Waals surface area contributed by atoms with Gasteiger partial charge in [0.15, 0.2) is 0 Å². The lowest BCUT2D eigenvalue weighted by Crippen LogP contribution is -1.79. The molecule has 2 heterocycles. The zero-order chi connectivity index (χ0) is 12.1. The summed E-state index contributed by atoms with van der Waals surface area (Å²) < 4.78 is 2.61. The van der Waals surface area contributed by atoms with Crippen LogP contribution in [0.4, 0.5) is 0 Å². The fourth-order valence-corrected chi connectivity index (χ4v) is 3.67. The Kier molecular flexibility index (Phi) is 1.97. The molecule has 0 N–H and O–H groups in total. The number of aryl methyl sites for hydroxylation is 1. The summed E-state index contributed by atoms with van der Waals surface area (Å²) in [5.74, 6) is 0. The van der Waals surface area contributed by atoms with Gasteiger partial charge < -0.3 is 0 Å². The molecule has 0 atom stereocenters. The molecule has 0 amide bonds. The third-order valence-electron chi connectivity index (χ3n) is 3.35. The van der Waals surface area contributed by atoms with Crippen LogP contribution in [0.1, 0.15) is 5.56 Å². The monoisotopic (exact) mass is 249 g/mol. The van der Waals surface area contributed by atoms with Crippen LogP contribution >= 0.6 is 11.3 Å². The van der Waals surface area contributed by atoms with Crippen LogP contribution < -0.4 is 0 Å². The van der Waals surface area contributed by atoms with Crippen molar-refractivity contribution in [2.24, 2.45) is 0 Å². The molecule has 4 rings (SSSR count). The highest BCUT2D eigenvalue weighted by Crippen LogP contribution is 2.36. The SMILES string of the molecule is Cc1ccc2c(cnc3c4ccccc4sc23)c1. The van der Waals surface area contributed by atoms with Gasteiger partial charge in [-0.05, 0) is 19.1 Å². The lowest BCUT2D eigenvalue weighted by atomic mass is 10.1. The molecule has 2 aromatic carbocycles. The maximum Gasteiger partial charge on any atom is 0.0894 e. The van der Waals surface area contributed by atoms with Gasteiger partial charge in [0.25, 0.3) is 0 Å². The first kappa shape index (κ1) is 10.0. The van der Waals surface area contributed by atoms with Crippen LogP contribution in [-0.2, 0) is 0 Å². The normalized spacial score (nSPS) is 11.6. The Morgan fingerprint density at radius 2 is 1.89 bits per heavy atom. The molecule has 0 aliphatic carbocycles. The van der Waals surface area contributed by atoms with E-state index in [1.54, 1.807) is 0 Å². The first-order valence-corrected chi connectivity index (χ1v) is 6.81. The van der Waals surface area contributed by atoms with E-state index in [2.05, 4.69) is 54.4 Å². The molecule has 0 bridgehead atoms. The highest BCUT2D eigenvalue weighted by molar-refractivity contribution is 7.26. The Morgan fingerprint density at radius 3 is 2.83 bits per heavy atom. The first-order chi connectivity index (χ1) is 8.83.